The molecule has 0 fully saturated rings. The van der Waals surface area contributed by atoms with E-state index in [0.717, 1.165) is 26.1 Å². The zero-order valence-corrected chi connectivity index (χ0v) is 13.3. The number of hydrogen-bond acceptors (Lipinski definition) is 6. The maximum Gasteiger partial charge on any atom is 0.192 e. The molecule has 0 spiro atoms. The normalized spacial score (nSPS) is 10.5. The SMILES string of the molecule is Nc1ccc(Sc2cnc(Sc3ccc(N)cc3)nc2)cc1. The van der Waals surface area contributed by atoms with Crippen LogP contribution in [0.25, 0.3) is 0 Å². The standard InChI is InChI=1S/C16H14N4S2/c17-11-1-5-13(6-2-11)21-15-9-19-16(20-10-15)22-14-7-3-12(18)4-8-14/h1-10H,17-18H2. The number of rotatable bonds is 4. The number of aromatic nitrogens is 2. The van der Waals surface area contributed by atoms with Crippen molar-refractivity contribution in [1.29, 1.82) is 0 Å². The molecule has 0 aliphatic rings. The number of benzene rings is 2. The molecule has 0 saturated heterocycles. The van der Waals surface area contributed by atoms with E-state index in [2.05, 4.69) is 9.97 Å². The van der Waals surface area contributed by atoms with Crippen molar-refractivity contribution < 1.29 is 0 Å². The van der Waals surface area contributed by atoms with Crippen molar-refractivity contribution in [3.8, 4) is 0 Å². The Morgan fingerprint density at radius 2 is 1.05 bits per heavy atom. The maximum atomic E-state index is 5.68. The highest BCUT2D eigenvalue weighted by Gasteiger charge is 2.03. The predicted molar refractivity (Wildman–Crippen MR) is 92.0 cm³/mol. The van der Waals surface area contributed by atoms with Gasteiger partial charge in [-0.3, -0.25) is 0 Å². The second kappa shape index (κ2) is 6.72. The molecule has 0 aliphatic heterocycles. The lowest BCUT2D eigenvalue weighted by molar-refractivity contribution is 0.930. The van der Waals surface area contributed by atoms with Gasteiger partial charge in [-0.15, -0.1) is 0 Å². The summed E-state index contributed by atoms with van der Waals surface area (Å²) < 4.78 is 0. The van der Waals surface area contributed by atoms with Gasteiger partial charge in [0, 0.05) is 38.5 Å². The summed E-state index contributed by atoms with van der Waals surface area (Å²) in [5.41, 5.74) is 12.9. The molecule has 2 aromatic carbocycles. The van der Waals surface area contributed by atoms with Gasteiger partial charge in [0.05, 0.1) is 0 Å². The molecule has 0 saturated carbocycles. The molecule has 0 amide bonds. The predicted octanol–water partition coefficient (Wildman–Crippen LogP) is 3.94. The molecule has 1 heterocycles. The lowest BCUT2D eigenvalue weighted by Crippen LogP contribution is -1.87. The summed E-state index contributed by atoms with van der Waals surface area (Å²) in [7, 11) is 0. The highest BCUT2D eigenvalue weighted by molar-refractivity contribution is 7.99. The van der Waals surface area contributed by atoms with Gasteiger partial charge in [0.2, 0.25) is 0 Å². The van der Waals surface area contributed by atoms with Crippen molar-refractivity contribution in [3.63, 3.8) is 0 Å². The first-order valence-corrected chi connectivity index (χ1v) is 8.21. The lowest BCUT2D eigenvalue weighted by atomic mass is 10.3. The lowest BCUT2D eigenvalue weighted by Gasteiger charge is -2.03. The Balaban J connectivity index is 1.67. The molecule has 6 heteroatoms. The van der Waals surface area contributed by atoms with E-state index in [1.807, 2.05) is 60.9 Å². The molecule has 110 valence electrons. The van der Waals surface area contributed by atoms with Crippen LogP contribution in [0.3, 0.4) is 0 Å². The minimum atomic E-state index is 0.714. The Kier molecular flexibility index (Phi) is 4.50. The van der Waals surface area contributed by atoms with Gasteiger partial charge in [-0.1, -0.05) is 11.8 Å². The van der Waals surface area contributed by atoms with Crippen LogP contribution in [-0.2, 0) is 0 Å². The van der Waals surface area contributed by atoms with Crippen molar-refractivity contribution in [3.05, 3.63) is 60.9 Å². The smallest absolute Gasteiger partial charge is 0.192 e. The van der Waals surface area contributed by atoms with Crippen molar-refractivity contribution in [2.24, 2.45) is 0 Å². The number of hydrogen-bond donors (Lipinski definition) is 2. The Morgan fingerprint density at radius 1 is 0.591 bits per heavy atom. The second-order valence-corrected chi connectivity index (χ2v) is 6.73. The van der Waals surface area contributed by atoms with Gasteiger partial charge in [0.1, 0.15) is 0 Å². The Labute approximate surface area is 137 Å². The van der Waals surface area contributed by atoms with Crippen LogP contribution in [-0.4, -0.2) is 9.97 Å². The molecular formula is C16H14N4S2. The van der Waals surface area contributed by atoms with Crippen molar-refractivity contribution in [2.45, 2.75) is 19.8 Å². The molecule has 0 aliphatic carbocycles. The maximum absolute atomic E-state index is 5.68. The van der Waals surface area contributed by atoms with Crippen LogP contribution in [0.15, 0.2) is 80.8 Å². The largest absolute Gasteiger partial charge is 0.399 e. The topological polar surface area (TPSA) is 77.8 Å². The Bertz CT molecular complexity index is 674. The van der Waals surface area contributed by atoms with E-state index in [4.69, 9.17) is 11.5 Å². The van der Waals surface area contributed by atoms with Gasteiger partial charge in [-0.05, 0) is 60.3 Å². The third-order valence-corrected chi connectivity index (χ3v) is 4.67. The van der Waals surface area contributed by atoms with Gasteiger partial charge in [-0.2, -0.15) is 0 Å². The van der Waals surface area contributed by atoms with Gasteiger partial charge < -0.3 is 11.5 Å². The molecular weight excluding hydrogens is 312 g/mol. The average Bonchev–Trinajstić information content (AvgIpc) is 2.54. The van der Waals surface area contributed by atoms with Crippen molar-refractivity contribution in [1.82, 2.24) is 9.97 Å². The van der Waals surface area contributed by atoms with Gasteiger partial charge in [0.15, 0.2) is 5.16 Å². The fourth-order valence-corrected chi connectivity index (χ4v) is 3.17. The third-order valence-electron chi connectivity index (χ3n) is 2.81. The van der Waals surface area contributed by atoms with E-state index in [1.165, 1.54) is 11.8 Å². The molecule has 1 aromatic heterocycles. The van der Waals surface area contributed by atoms with Crippen LogP contribution in [0.5, 0.6) is 0 Å². The van der Waals surface area contributed by atoms with Gasteiger partial charge in [-0.25, -0.2) is 9.97 Å². The highest BCUT2D eigenvalue weighted by Crippen LogP contribution is 2.29. The summed E-state index contributed by atoms with van der Waals surface area (Å²) in [6, 6.07) is 15.4. The summed E-state index contributed by atoms with van der Waals surface area (Å²) in [5.74, 6) is 0. The van der Waals surface area contributed by atoms with E-state index in [1.54, 1.807) is 11.8 Å². The Hall–Kier alpha value is -2.18. The molecule has 0 radical (unpaired) electrons. The van der Waals surface area contributed by atoms with Crippen LogP contribution in [0.4, 0.5) is 11.4 Å². The number of anilines is 2. The molecule has 0 atom stereocenters. The molecule has 4 nitrogen and oxygen atoms in total. The Morgan fingerprint density at radius 3 is 1.55 bits per heavy atom. The summed E-state index contributed by atoms with van der Waals surface area (Å²) in [5, 5.41) is 0.714. The van der Waals surface area contributed by atoms with E-state index < -0.39 is 0 Å². The van der Waals surface area contributed by atoms with Crippen LogP contribution < -0.4 is 11.5 Å². The number of nitrogens with zero attached hydrogens (tertiary/aromatic N) is 2. The first kappa shape index (κ1) is 14.7. The molecule has 0 unspecified atom stereocenters. The summed E-state index contributed by atoms with van der Waals surface area (Å²) in [4.78, 5) is 11.9. The first-order chi connectivity index (χ1) is 10.7. The first-order valence-electron chi connectivity index (χ1n) is 6.58. The molecule has 4 N–H and O–H groups in total. The molecule has 0 bridgehead atoms. The minimum absolute atomic E-state index is 0.714. The number of nitrogen functional groups attached to an aromatic ring is 2. The quantitative estimate of drug-likeness (QED) is 0.558. The van der Waals surface area contributed by atoms with E-state index >= 15 is 0 Å². The second-order valence-electron chi connectivity index (χ2n) is 4.54. The third kappa shape index (κ3) is 3.93. The minimum Gasteiger partial charge on any atom is -0.399 e. The van der Waals surface area contributed by atoms with Crippen LogP contribution in [0.2, 0.25) is 0 Å². The number of nitrogens with two attached hydrogens (primary N) is 2. The van der Waals surface area contributed by atoms with E-state index in [9.17, 15) is 0 Å². The molecule has 3 aromatic rings. The fraction of sp³-hybridized carbons (Fsp3) is 0. The van der Waals surface area contributed by atoms with Gasteiger partial charge >= 0.3 is 0 Å². The highest BCUT2D eigenvalue weighted by atomic mass is 32.2. The van der Waals surface area contributed by atoms with Crippen LogP contribution >= 0.6 is 23.5 Å². The van der Waals surface area contributed by atoms with E-state index in [-0.39, 0.29) is 0 Å². The zero-order chi connectivity index (χ0) is 15.4. The van der Waals surface area contributed by atoms with Crippen molar-refractivity contribution in [2.75, 3.05) is 11.5 Å². The fourth-order valence-electron chi connectivity index (χ4n) is 1.72. The molecule has 22 heavy (non-hydrogen) atoms. The molecule has 3 rings (SSSR count). The van der Waals surface area contributed by atoms with Crippen LogP contribution in [0.1, 0.15) is 0 Å². The average molecular weight is 326 g/mol. The zero-order valence-electron chi connectivity index (χ0n) is 11.6. The summed E-state index contributed by atoms with van der Waals surface area (Å²) >= 11 is 3.12. The van der Waals surface area contributed by atoms with Crippen molar-refractivity contribution >= 4 is 34.9 Å². The summed E-state index contributed by atoms with van der Waals surface area (Å²) in [6.45, 7) is 0. The monoisotopic (exact) mass is 326 g/mol. The van der Waals surface area contributed by atoms with E-state index in [0.29, 0.717) is 5.16 Å². The summed E-state index contributed by atoms with van der Waals surface area (Å²) in [6.07, 6.45) is 3.65. The van der Waals surface area contributed by atoms with Gasteiger partial charge in [0.25, 0.3) is 0 Å². The van der Waals surface area contributed by atoms with Crippen LogP contribution in [0, 0.1) is 0 Å².